The van der Waals surface area contributed by atoms with Crippen molar-refractivity contribution >= 4 is 21.9 Å². The van der Waals surface area contributed by atoms with Crippen LogP contribution in [0.25, 0.3) is 0 Å². The average Bonchev–Trinajstić information content (AvgIpc) is 2.70. The molecule has 1 aliphatic rings. The molecular weight excluding hydrogens is 277 g/mol. The van der Waals surface area contributed by atoms with Crippen molar-refractivity contribution < 1.29 is 14.3 Å². The SMILES string of the molecule is O=C(O)C1CCC(c2cc(Br)ccc2F)N1. The van der Waals surface area contributed by atoms with Crippen molar-refractivity contribution in [1.29, 1.82) is 0 Å². The molecule has 1 saturated heterocycles. The summed E-state index contributed by atoms with van der Waals surface area (Å²) >= 11 is 3.28. The summed E-state index contributed by atoms with van der Waals surface area (Å²) in [5.41, 5.74) is 0.526. The predicted molar refractivity (Wildman–Crippen MR) is 60.6 cm³/mol. The van der Waals surface area contributed by atoms with E-state index in [2.05, 4.69) is 21.2 Å². The van der Waals surface area contributed by atoms with Gasteiger partial charge in [-0.15, -0.1) is 0 Å². The van der Waals surface area contributed by atoms with Crippen LogP contribution in [0.4, 0.5) is 4.39 Å². The molecule has 0 saturated carbocycles. The molecule has 16 heavy (non-hydrogen) atoms. The average molecular weight is 288 g/mol. The molecule has 1 aliphatic heterocycles. The van der Waals surface area contributed by atoms with E-state index in [1.165, 1.54) is 6.07 Å². The molecule has 2 atom stereocenters. The molecule has 3 nitrogen and oxygen atoms in total. The Kier molecular flexibility index (Phi) is 3.25. The standard InChI is InChI=1S/C11H11BrFNO2/c12-6-1-2-8(13)7(5-6)9-3-4-10(14-9)11(15)16/h1-2,5,9-10,14H,3-4H2,(H,15,16). The number of nitrogens with one attached hydrogen (secondary N) is 1. The van der Waals surface area contributed by atoms with Crippen molar-refractivity contribution in [3.05, 3.63) is 34.1 Å². The molecule has 0 radical (unpaired) electrons. The zero-order chi connectivity index (χ0) is 11.7. The fraction of sp³-hybridized carbons (Fsp3) is 0.364. The minimum Gasteiger partial charge on any atom is -0.480 e. The van der Waals surface area contributed by atoms with Crippen molar-refractivity contribution in [2.45, 2.75) is 24.9 Å². The lowest BCUT2D eigenvalue weighted by Crippen LogP contribution is -2.32. The minimum atomic E-state index is -0.877. The number of carbonyl (C=O) groups is 1. The number of benzene rings is 1. The van der Waals surface area contributed by atoms with Gasteiger partial charge in [0.1, 0.15) is 11.9 Å². The summed E-state index contributed by atoms with van der Waals surface area (Å²) in [5, 5.41) is 11.8. The Morgan fingerprint density at radius 3 is 2.88 bits per heavy atom. The molecule has 86 valence electrons. The normalized spacial score (nSPS) is 24.6. The summed E-state index contributed by atoms with van der Waals surface area (Å²) < 4.78 is 14.3. The molecule has 2 unspecified atom stereocenters. The van der Waals surface area contributed by atoms with Gasteiger partial charge in [0.15, 0.2) is 0 Å². The van der Waals surface area contributed by atoms with Gasteiger partial charge in [0.2, 0.25) is 0 Å². The predicted octanol–water partition coefficient (Wildman–Crippen LogP) is 2.47. The summed E-state index contributed by atoms with van der Waals surface area (Å²) in [6.07, 6.45) is 1.18. The number of hydrogen-bond acceptors (Lipinski definition) is 2. The monoisotopic (exact) mass is 287 g/mol. The van der Waals surface area contributed by atoms with Gasteiger partial charge < -0.3 is 5.11 Å². The van der Waals surface area contributed by atoms with Gasteiger partial charge in [-0.25, -0.2) is 4.39 Å². The van der Waals surface area contributed by atoms with Crippen molar-refractivity contribution in [1.82, 2.24) is 5.32 Å². The molecule has 0 aromatic heterocycles. The second kappa shape index (κ2) is 4.51. The van der Waals surface area contributed by atoms with Gasteiger partial charge >= 0.3 is 5.97 Å². The number of carboxylic acids is 1. The molecule has 0 aliphatic carbocycles. The van der Waals surface area contributed by atoms with Crippen LogP contribution >= 0.6 is 15.9 Å². The Morgan fingerprint density at radius 1 is 1.50 bits per heavy atom. The maximum Gasteiger partial charge on any atom is 0.320 e. The van der Waals surface area contributed by atoms with E-state index in [4.69, 9.17) is 5.11 Å². The molecule has 1 fully saturated rings. The highest BCUT2D eigenvalue weighted by Crippen LogP contribution is 2.30. The van der Waals surface area contributed by atoms with E-state index in [0.29, 0.717) is 18.4 Å². The van der Waals surface area contributed by atoms with E-state index in [9.17, 15) is 9.18 Å². The van der Waals surface area contributed by atoms with E-state index in [-0.39, 0.29) is 11.9 Å². The Bertz CT molecular complexity index is 424. The molecule has 0 bridgehead atoms. The maximum atomic E-state index is 13.5. The highest BCUT2D eigenvalue weighted by atomic mass is 79.9. The molecule has 1 heterocycles. The highest BCUT2D eigenvalue weighted by molar-refractivity contribution is 9.10. The second-order valence-electron chi connectivity index (χ2n) is 3.85. The van der Waals surface area contributed by atoms with Crippen LogP contribution in [0.3, 0.4) is 0 Å². The largest absolute Gasteiger partial charge is 0.480 e. The first-order valence-corrected chi connectivity index (χ1v) is 5.81. The van der Waals surface area contributed by atoms with Gasteiger partial charge in [-0.05, 0) is 31.0 Å². The summed E-state index contributed by atoms with van der Waals surface area (Å²) in [4.78, 5) is 10.8. The quantitative estimate of drug-likeness (QED) is 0.879. The molecule has 2 N–H and O–H groups in total. The fourth-order valence-corrected chi connectivity index (χ4v) is 2.34. The van der Waals surface area contributed by atoms with Crippen LogP contribution in [0.1, 0.15) is 24.4 Å². The summed E-state index contributed by atoms with van der Waals surface area (Å²) in [5.74, 6) is -1.18. The van der Waals surface area contributed by atoms with Gasteiger partial charge in [0, 0.05) is 16.1 Å². The summed E-state index contributed by atoms with van der Waals surface area (Å²) in [6.45, 7) is 0. The molecule has 5 heteroatoms. The Balaban J connectivity index is 2.20. The maximum absolute atomic E-state index is 13.5. The first-order chi connectivity index (χ1) is 7.58. The first-order valence-electron chi connectivity index (χ1n) is 5.01. The van der Waals surface area contributed by atoms with E-state index < -0.39 is 12.0 Å². The van der Waals surface area contributed by atoms with E-state index in [0.717, 1.165) is 4.47 Å². The lowest BCUT2D eigenvalue weighted by molar-refractivity contribution is -0.139. The summed E-state index contributed by atoms with van der Waals surface area (Å²) in [6, 6.07) is 3.93. The fourth-order valence-electron chi connectivity index (χ4n) is 1.96. The Hall–Kier alpha value is -0.940. The third-order valence-electron chi connectivity index (χ3n) is 2.78. The third kappa shape index (κ3) is 2.25. The van der Waals surface area contributed by atoms with Crippen LogP contribution in [0, 0.1) is 5.82 Å². The first kappa shape index (κ1) is 11.5. The minimum absolute atomic E-state index is 0.210. The van der Waals surface area contributed by atoms with Gasteiger partial charge in [-0.3, -0.25) is 10.1 Å². The number of aliphatic carboxylic acids is 1. The van der Waals surface area contributed by atoms with Crippen LogP contribution in [0.2, 0.25) is 0 Å². The molecule has 0 spiro atoms. The van der Waals surface area contributed by atoms with Crippen LogP contribution in [0.15, 0.2) is 22.7 Å². The molecule has 2 rings (SSSR count). The van der Waals surface area contributed by atoms with Crippen LogP contribution in [-0.4, -0.2) is 17.1 Å². The van der Waals surface area contributed by atoms with E-state index in [1.807, 2.05) is 0 Å². The molecule has 1 aromatic rings. The molecule has 1 aromatic carbocycles. The Labute approximate surface area is 101 Å². The van der Waals surface area contributed by atoms with E-state index >= 15 is 0 Å². The second-order valence-corrected chi connectivity index (χ2v) is 4.77. The van der Waals surface area contributed by atoms with Gasteiger partial charge in [0.25, 0.3) is 0 Å². The van der Waals surface area contributed by atoms with Gasteiger partial charge in [-0.1, -0.05) is 15.9 Å². The topological polar surface area (TPSA) is 49.3 Å². The zero-order valence-electron chi connectivity index (χ0n) is 8.41. The smallest absolute Gasteiger partial charge is 0.320 e. The summed E-state index contributed by atoms with van der Waals surface area (Å²) in [7, 11) is 0. The van der Waals surface area contributed by atoms with Crippen LogP contribution < -0.4 is 5.32 Å². The Morgan fingerprint density at radius 2 is 2.25 bits per heavy atom. The van der Waals surface area contributed by atoms with Crippen molar-refractivity contribution in [3.8, 4) is 0 Å². The van der Waals surface area contributed by atoms with Crippen molar-refractivity contribution in [2.24, 2.45) is 0 Å². The van der Waals surface area contributed by atoms with Crippen LogP contribution in [-0.2, 0) is 4.79 Å². The number of halogens is 2. The van der Waals surface area contributed by atoms with Crippen LogP contribution in [0.5, 0.6) is 0 Å². The van der Waals surface area contributed by atoms with Gasteiger partial charge in [-0.2, -0.15) is 0 Å². The lowest BCUT2D eigenvalue weighted by Gasteiger charge is -2.13. The van der Waals surface area contributed by atoms with Gasteiger partial charge in [0.05, 0.1) is 0 Å². The highest BCUT2D eigenvalue weighted by Gasteiger charge is 2.30. The third-order valence-corrected chi connectivity index (χ3v) is 3.27. The van der Waals surface area contributed by atoms with Crippen molar-refractivity contribution in [3.63, 3.8) is 0 Å². The van der Waals surface area contributed by atoms with Crippen molar-refractivity contribution in [2.75, 3.05) is 0 Å². The number of hydrogen-bond donors (Lipinski definition) is 2. The lowest BCUT2D eigenvalue weighted by atomic mass is 10.0. The van der Waals surface area contributed by atoms with E-state index in [1.54, 1.807) is 12.1 Å². The molecule has 0 amide bonds. The number of carboxylic acid groups (broad SMARTS) is 1. The molecular formula is C11H11BrFNO2. The number of rotatable bonds is 2. The zero-order valence-corrected chi connectivity index (χ0v) is 10.00.